The van der Waals surface area contributed by atoms with Gasteiger partial charge in [0.05, 0.1) is 25.4 Å². The molecule has 0 bridgehead atoms. The molecule has 4 fully saturated rings. The minimum Gasteiger partial charge on any atom is -0.377 e. The van der Waals surface area contributed by atoms with Crippen LogP contribution in [0.2, 0.25) is 5.02 Å². The van der Waals surface area contributed by atoms with E-state index in [1.807, 2.05) is 10.6 Å². The summed E-state index contributed by atoms with van der Waals surface area (Å²) < 4.78 is 63.5. The van der Waals surface area contributed by atoms with Crippen molar-refractivity contribution >= 4 is 17.5 Å². The van der Waals surface area contributed by atoms with Gasteiger partial charge in [0, 0.05) is 36.0 Å². The maximum Gasteiger partial charge on any atom is 0.411 e. The summed E-state index contributed by atoms with van der Waals surface area (Å²) >= 11 is 6.25. The normalized spacial score (nSPS) is 25.8. The zero-order valence-corrected chi connectivity index (χ0v) is 20.1. The minimum absolute atomic E-state index is 0.0269. The summed E-state index contributed by atoms with van der Waals surface area (Å²) in [5.41, 5.74) is -2.36. The number of hydrogen-bond donors (Lipinski definition) is 0. The van der Waals surface area contributed by atoms with Crippen LogP contribution in [-0.2, 0) is 22.6 Å². The van der Waals surface area contributed by atoms with Gasteiger partial charge >= 0.3 is 6.18 Å². The standard InChI is InChI=1S/C24H24ClF4N5O2/c25-16-1-2-17-14(5-16)8-33(23(12-36-13-23)24(27,28)29)9-18-30-31-19(34(17)18)15-6-21(7-15)10-32(11-21)20(35)22(26)3-4-22/h1-2,5,15H,3-4,6-13H2. The molecule has 36 heavy (non-hydrogen) atoms. The van der Waals surface area contributed by atoms with E-state index in [1.54, 1.807) is 17.0 Å². The average molecular weight is 526 g/mol. The van der Waals surface area contributed by atoms with E-state index in [4.69, 9.17) is 16.3 Å². The lowest BCUT2D eigenvalue weighted by molar-refractivity contribution is -0.310. The molecule has 12 heteroatoms. The largest absolute Gasteiger partial charge is 0.411 e. The third-order valence-corrected chi connectivity index (χ3v) is 8.92. The number of ether oxygens (including phenoxy) is 1. The SMILES string of the molecule is O=C(N1CC2(CC(c3nnc4n3-c3ccc(Cl)cc3CN(C3(C(F)(F)F)COC3)C4)C2)C1)C1(F)CC1. The molecule has 2 saturated heterocycles. The van der Waals surface area contributed by atoms with Crippen LogP contribution in [-0.4, -0.2) is 74.2 Å². The van der Waals surface area contributed by atoms with Crippen LogP contribution < -0.4 is 0 Å². The molecule has 0 atom stereocenters. The number of amides is 1. The third-order valence-electron chi connectivity index (χ3n) is 8.68. The molecule has 4 heterocycles. The fourth-order valence-corrected chi connectivity index (χ4v) is 6.55. The number of benzene rings is 1. The molecular formula is C24H24ClF4N5O2. The lowest BCUT2D eigenvalue weighted by Crippen LogP contribution is -2.69. The van der Waals surface area contributed by atoms with E-state index < -0.39 is 36.5 Å². The van der Waals surface area contributed by atoms with Crippen molar-refractivity contribution < 1.29 is 27.1 Å². The number of alkyl halides is 4. The number of aromatic nitrogens is 3. The van der Waals surface area contributed by atoms with E-state index in [1.165, 1.54) is 4.90 Å². The number of carbonyl (C=O) groups is 1. The van der Waals surface area contributed by atoms with Gasteiger partial charge in [-0.15, -0.1) is 10.2 Å². The predicted octanol–water partition coefficient (Wildman–Crippen LogP) is 3.78. The molecule has 2 aromatic rings. The summed E-state index contributed by atoms with van der Waals surface area (Å²) in [6, 6.07) is 5.23. The summed E-state index contributed by atoms with van der Waals surface area (Å²) in [6.45, 7) is 0.271. The van der Waals surface area contributed by atoms with Gasteiger partial charge in [-0.1, -0.05) is 11.6 Å². The highest BCUT2D eigenvalue weighted by Crippen LogP contribution is 2.57. The van der Waals surface area contributed by atoms with Gasteiger partial charge < -0.3 is 9.64 Å². The summed E-state index contributed by atoms with van der Waals surface area (Å²) in [5, 5.41) is 9.21. The number of nitrogens with zero attached hydrogens (tertiary/aromatic N) is 5. The van der Waals surface area contributed by atoms with Gasteiger partial charge in [0.15, 0.2) is 17.0 Å². The summed E-state index contributed by atoms with van der Waals surface area (Å²) in [5.74, 6) is 0.821. The fraction of sp³-hybridized carbons (Fsp3) is 0.625. The van der Waals surface area contributed by atoms with Crippen molar-refractivity contribution in [2.75, 3.05) is 26.3 Å². The van der Waals surface area contributed by atoms with Crippen molar-refractivity contribution in [3.63, 3.8) is 0 Å². The molecule has 2 saturated carbocycles. The number of carbonyl (C=O) groups excluding carboxylic acids is 1. The average Bonchev–Trinajstić information content (AvgIpc) is 3.37. The van der Waals surface area contributed by atoms with Crippen LogP contribution in [0.3, 0.4) is 0 Å². The molecule has 0 unspecified atom stereocenters. The van der Waals surface area contributed by atoms with Crippen molar-refractivity contribution in [2.24, 2.45) is 5.41 Å². The number of likely N-dealkylation sites (tertiary alicyclic amines) is 1. The highest BCUT2D eigenvalue weighted by molar-refractivity contribution is 6.30. The Balaban J connectivity index is 1.17. The second-order valence-electron chi connectivity index (χ2n) is 11.2. The van der Waals surface area contributed by atoms with E-state index >= 15 is 0 Å². The first-order valence-electron chi connectivity index (χ1n) is 12.1. The van der Waals surface area contributed by atoms with Crippen LogP contribution >= 0.6 is 11.6 Å². The molecule has 0 radical (unpaired) electrons. The molecule has 1 aromatic heterocycles. The first kappa shape index (κ1) is 22.9. The molecule has 192 valence electrons. The second-order valence-corrected chi connectivity index (χ2v) is 11.6. The van der Waals surface area contributed by atoms with Gasteiger partial charge in [0.25, 0.3) is 5.91 Å². The maximum atomic E-state index is 14.2. The number of hydrogen-bond acceptors (Lipinski definition) is 5. The molecule has 3 aliphatic heterocycles. The van der Waals surface area contributed by atoms with Gasteiger partial charge in [-0.25, -0.2) is 4.39 Å². The quantitative estimate of drug-likeness (QED) is 0.571. The van der Waals surface area contributed by atoms with Crippen LogP contribution in [0.25, 0.3) is 5.69 Å². The van der Waals surface area contributed by atoms with Crippen LogP contribution in [0, 0.1) is 5.41 Å². The van der Waals surface area contributed by atoms with E-state index in [2.05, 4.69) is 10.2 Å². The van der Waals surface area contributed by atoms with Crippen LogP contribution in [0.15, 0.2) is 18.2 Å². The monoisotopic (exact) mass is 525 g/mol. The first-order valence-corrected chi connectivity index (χ1v) is 12.5. The van der Waals surface area contributed by atoms with Crippen molar-refractivity contribution in [3.8, 4) is 5.69 Å². The first-order chi connectivity index (χ1) is 17.0. The predicted molar refractivity (Wildman–Crippen MR) is 119 cm³/mol. The third kappa shape index (κ3) is 3.14. The Hall–Kier alpha value is -2.24. The number of fused-ring (bicyclic) bond motifs is 3. The minimum atomic E-state index is -4.46. The molecule has 7 nitrogen and oxygen atoms in total. The number of rotatable bonds is 3. The van der Waals surface area contributed by atoms with Crippen molar-refractivity contribution in [2.45, 2.75) is 62.1 Å². The van der Waals surface area contributed by atoms with Crippen LogP contribution in [0.1, 0.15) is 48.8 Å². The molecule has 1 amide bonds. The van der Waals surface area contributed by atoms with Gasteiger partial charge in [0.1, 0.15) is 5.82 Å². The highest BCUT2D eigenvalue weighted by Gasteiger charge is 2.64. The van der Waals surface area contributed by atoms with Crippen molar-refractivity contribution in [3.05, 3.63) is 40.4 Å². The Labute approximate surface area is 209 Å². The van der Waals surface area contributed by atoms with E-state index in [9.17, 15) is 22.4 Å². The number of halogens is 5. The van der Waals surface area contributed by atoms with E-state index in [-0.39, 0.29) is 24.4 Å². The zero-order chi connectivity index (χ0) is 25.1. The Bertz CT molecular complexity index is 1260. The van der Waals surface area contributed by atoms with Gasteiger partial charge in [-0.2, -0.15) is 13.2 Å². The molecule has 5 aliphatic rings. The molecular weight excluding hydrogens is 502 g/mol. The smallest absolute Gasteiger partial charge is 0.377 e. The van der Waals surface area contributed by atoms with E-state index in [0.717, 1.165) is 18.5 Å². The van der Waals surface area contributed by atoms with E-state index in [0.29, 0.717) is 48.2 Å². The maximum absolute atomic E-state index is 14.2. The van der Waals surface area contributed by atoms with Crippen molar-refractivity contribution in [1.82, 2.24) is 24.6 Å². The second kappa shape index (κ2) is 7.20. The Morgan fingerprint density at radius 3 is 2.44 bits per heavy atom. The van der Waals surface area contributed by atoms with Crippen molar-refractivity contribution in [1.29, 1.82) is 0 Å². The molecule has 7 rings (SSSR count). The fourth-order valence-electron chi connectivity index (χ4n) is 6.35. The summed E-state index contributed by atoms with van der Waals surface area (Å²) in [7, 11) is 0. The Morgan fingerprint density at radius 1 is 1.11 bits per heavy atom. The van der Waals surface area contributed by atoms with Gasteiger partial charge in [-0.05, 0) is 49.4 Å². The summed E-state index contributed by atoms with van der Waals surface area (Å²) in [4.78, 5) is 15.3. The van der Waals surface area contributed by atoms with Crippen LogP contribution in [0.4, 0.5) is 17.6 Å². The Morgan fingerprint density at radius 2 is 1.83 bits per heavy atom. The van der Waals surface area contributed by atoms with Gasteiger partial charge in [-0.3, -0.25) is 14.3 Å². The lowest BCUT2D eigenvalue weighted by Gasteiger charge is -2.59. The molecule has 0 N–H and O–H groups in total. The lowest BCUT2D eigenvalue weighted by atomic mass is 9.57. The van der Waals surface area contributed by atoms with Crippen LogP contribution in [0.5, 0.6) is 0 Å². The zero-order valence-electron chi connectivity index (χ0n) is 19.3. The topological polar surface area (TPSA) is 63.5 Å². The Kier molecular flexibility index (Phi) is 4.58. The molecule has 1 spiro atoms. The summed E-state index contributed by atoms with van der Waals surface area (Å²) in [6.07, 6.45) is -2.28. The highest BCUT2D eigenvalue weighted by atomic mass is 35.5. The molecule has 2 aliphatic carbocycles. The van der Waals surface area contributed by atoms with Gasteiger partial charge in [0.2, 0.25) is 0 Å². The molecule has 1 aromatic carbocycles.